The highest BCUT2D eigenvalue weighted by Crippen LogP contribution is 2.10. The van der Waals surface area contributed by atoms with Gasteiger partial charge in [-0.05, 0) is 26.3 Å². The molecule has 2 amide bonds. The first-order valence-electron chi connectivity index (χ1n) is 7.04. The van der Waals surface area contributed by atoms with Crippen molar-refractivity contribution < 1.29 is 9.59 Å². The number of hydrogen-bond donors (Lipinski definition) is 3. The molecule has 0 aromatic carbocycles. The maximum atomic E-state index is 11.8. The smallest absolute Gasteiger partial charge is 0.231 e. The quantitative estimate of drug-likeness (QED) is 0.579. The Morgan fingerprint density at radius 3 is 2.53 bits per heavy atom. The van der Waals surface area contributed by atoms with Crippen LogP contribution in [0.1, 0.15) is 33.1 Å². The molecule has 110 valence electrons. The van der Waals surface area contributed by atoms with Gasteiger partial charge in [-0.2, -0.15) is 0 Å². The van der Waals surface area contributed by atoms with Gasteiger partial charge in [0.25, 0.3) is 0 Å². The molecule has 0 bridgehead atoms. The molecular formula is C13H26N4O2. The number of amides is 2. The summed E-state index contributed by atoms with van der Waals surface area (Å²) in [5.74, 6) is -0.191. The zero-order valence-corrected chi connectivity index (χ0v) is 11.9. The molecule has 1 rings (SSSR count). The minimum atomic E-state index is -0.290. The Morgan fingerprint density at radius 1 is 1.37 bits per heavy atom. The maximum absolute atomic E-state index is 11.8. The monoisotopic (exact) mass is 270 g/mol. The average molecular weight is 270 g/mol. The van der Waals surface area contributed by atoms with E-state index in [0.717, 1.165) is 32.5 Å². The number of hydrogen-bond acceptors (Lipinski definition) is 4. The van der Waals surface area contributed by atoms with Crippen molar-refractivity contribution in [1.82, 2.24) is 15.5 Å². The number of nitrogens with zero attached hydrogens (tertiary/aromatic N) is 1. The Hall–Kier alpha value is -1.14. The van der Waals surface area contributed by atoms with Crippen molar-refractivity contribution >= 4 is 11.8 Å². The van der Waals surface area contributed by atoms with Gasteiger partial charge in [0.05, 0.1) is 6.54 Å². The van der Waals surface area contributed by atoms with Crippen LogP contribution >= 0.6 is 0 Å². The molecule has 1 fully saturated rings. The first-order chi connectivity index (χ1) is 9.01. The largest absolute Gasteiger partial charge is 0.369 e. The predicted octanol–water partition coefficient (Wildman–Crippen LogP) is -0.560. The van der Waals surface area contributed by atoms with E-state index in [2.05, 4.69) is 10.6 Å². The van der Waals surface area contributed by atoms with Gasteiger partial charge >= 0.3 is 0 Å². The number of rotatable bonds is 7. The third-order valence-corrected chi connectivity index (χ3v) is 3.38. The molecule has 6 nitrogen and oxygen atoms in total. The Morgan fingerprint density at radius 2 is 2.00 bits per heavy atom. The summed E-state index contributed by atoms with van der Waals surface area (Å²) in [6.07, 6.45) is 2.28. The Labute approximate surface area is 115 Å². The van der Waals surface area contributed by atoms with Crippen LogP contribution in [0.4, 0.5) is 0 Å². The second-order valence-electron chi connectivity index (χ2n) is 5.25. The molecule has 0 spiro atoms. The molecule has 0 aromatic heterocycles. The van der Waals surface area contributed by atoms with Crippen LogP contribution in [0.3, 0.4) is 0 Å². The highest BCUT2D eigenvalue weighted by atomic mass is 16.2. The standard InChI is InChI=1S/C13H26N4O2/c1-3-15-10(2)8-13(19)16-11-4-6-17(7-5-11)9-12(14)18/h10-11,15H,3-9H2,1-2H3,(H2,14,18)(H,16,19). The summed E-state index contributed by atoms with van der Waals surface area (Å²) in [6, 6.07) is 0.436. The third kappa shape index (κ3) is 6.54. The summed E-state index contributed by atoms with van der Waals surface area (Å²) < 4.78 is 0. The number of likely N-dealkylation sites (tertiary alicyclic amines) is 1. The molecule has 0 saturated carbocycles. The van der Waals surface area contributed by atoms with E-state index in [1.165, 1.54) is 0 Å². The summed E-state index contributed by atoms with van der Waals surface area (Å²) in [4.78, 5) is 24.7. The average Bonchev–Trinajstić information content (AvgIpc) is 2.31. The minimum Gasteiger partial charge on any atom is -0.369 e. The Kier molecular flexibility index (Phi) is 6.80. The maximum Gasteiger partial charge on any atom is 0.231 e. The van der Waals surface area contributed by atoms with E-state index in [-0.39, 0.29) is 23.9 Å². The number of nitrogens with two attached hydrogens (primary N) is 1. The second-order valence-corrected chi connectivity index (χ2v) is 5.25. The molecule has 1 aliphatic heterocycles. The van der Waals surface area contributed by atoms with E-state index >= 15 is 0 Å². The van der Waals surface area contributed by atoms with Gasteiger partial charge in [0.1, 0.15) is 0 Å². The fourth-order valence-electron chi connectivity index (χ4n) is 2.44. The molecule has 1 atom stereocenters. The van der Waals surface area contributed by atoms with Crippen molar-refractivity contribution in [1.29, 1.82) is 0 Å². The minimum absolute atomic E-state index is 0.0989. The van der Waals surface area contributed by atoms with E-state index < -0.39 is 0 Å². The summed E-state index contributed by atoms with van der Waals surface area (Å²) in [5.41, 5.74) is 5.16. The molecule has 19 heavy (non-hydrogen) atoms. The van der Waals surface area contributed by atoms with Crippen LogP contribution in [0.2, 0.25) is 0 Å². The first-order valence-corrected chi connectivity index (χ1v) is 7.04. The molecular weight excluding hydrogens is 244 g/mol. The molecule has 1 saturated heterocycles. The lowest BCUT2D eigenvalue weighted by Crippen LogP contribution is -2.47. The molecule has 1 aliphatic rings. The summed E-state index contributed by atoms with van der Waals surface area (Å²) in [7, 11) is 0. The van der Waals surface area contributed by atoms with E-state index in [4.69, 9.17) is 5.73 Å². The van der Waals surface area contributed by atoms with Gasteiger partial charge in [0.15, 0.2) is 0 Å². The van der Waals surface area contributed by atoms with Crippen molar-refractivity contribution in [2.24, 2.45) is 5.73 Å². The fraction of sp³-hybridized carbons (Fsp3) is 0.846. The van der Waals surface area contributed by atoms with Crippen LogP contribution < -0.4 is 16.4 Å². The second kappa shape index (κ2) is 8.12. The highest BCUT2D eigenvalue weighted by Gasteiger charge is 2.21. The predicted molar refractivity (Wildman–Crippen MR) is 74.6 cm³/mol. The lowest BCUT2D eigenvalue weighted by atomic mass is 10.0. The number of carbonyl (C=O) groups excluding carboxylic acids is 2. The van der Waals surface area contributed by atoms with E-state index in [1.807, 2.05) is 18.7 Å². The fourth-order valence-corrected chi connectivity index (χ4v) is 2.44. The van der Waals surface area contributed by atoms with Gasteiger partial charge in [0, 0.05) is 31.6 Å². The Balaban J connectivity index is 2.21. The van der Waals surface area contributed by atoms with Crippen LogP contribution in [0.5, 0.6) is 0 Å². The summed E-state index contributed by atoms with van der Waals surface area (Å²) in [6.45, 7) is 6.87. The Bertz CT molecular complexity index is 301. The van der Waals surface area contributed by atoms with Crippen molar-refractivity contribution in [3.05, 3.63) is 0 Å². The third-order valence-electron chi connectivity index (χ3n) is 3.38. The van der Waals surface area contributed by atoms with Crippen molar-refractivity contribution in [2.75, 3.05) is 26.2 Å². The number of piperidine rings is 1. The van der Waals surface area contributed by atoms with Gasteiger partial charge in [-0.15, -0.1) is 0 Å². The van der Waals surface area contributed by atoms with E-state index in [1.54, 1.807) is 0 Å². The first kappa shape index (κ1) is 15.9. The molecule has 4 N–H and O–H groups in total. The van der Waals surface area contributed by atoms with Crippen molar-refractivity contribution in [3.8, 4) is 0 Å². The van der Waals surface area contributed by atoms with Crippen LogP contribution in [0.25, 0.3) is 0 Å². The zero-order valence-electron chi connectivity index (χ0n) is 11.9. The highest BCUT2D eigenvalue weighted by molar-refractivity contribution is 5.77. The SMILES string of the molecule is CCNC(C)CC(=O)NC1CCN(CC(N)=O)CC1. The molecule has 0 aliphatic carbocycles. The van der Waals surface area contributed by atoms with E-state index in [0.29, 0.717) is 13.0 Å². The number of nitrogens with one attached hydrogen (secondary N) is 2. The molecule has 6 heteroatoms. The summed E-state index contributed by atoms with van der Waals surface area (Å²) in [5, 5.41) is 6.28. The normalized spacial score (nSPS) is 19.1. The van der Waals surface area contributed by atoms with Crippen LogP contribution in [-0.4, -0.2) is 55.0 Å². The van der Waals surface area contributed by atoms with E-state index in [9.17, 15) is 9.59 Å². The molecule has 0 aromatic rings. The van der Waals surface area contributed by atoms with Crippen molar-refractivity contribution in [2.45, 2.75) is 45.2 Å². The van der Waals surface area contributed by atoms with Crippen LogP contribution in [0.15, 0.2) is 0 Å². The topological polar surface area (TPSA) is 87.5 Å². The molecule has 1 heterocycles. The lowest BCUT2D eigenvalue weighted by molar-refractivity contribution is -0.123. The molecule has 0 radical (unpaired) electrons. The number of primary amides is 1. The zero-order chi connectivity index (χ0) is 14.3. The van der Waals surface area contributed by atoms with Crippen LogP contribution in [-0.2, 0) is 9.59 Å². The lowest BCUT2D eigenvalue weighted by Gasteiger charge is -2.31. The van der Waals surface area contributed by atoms with Gasteiger partial charge < -0.3 is 16.4 Å². The van der Waals surface area contributed by atoms with Gasteiger partial charge in [-0.3, -0.25) is 14.5 Å². The van der Waals surface area contributed by atoms with Crippen molar-refractivity contribution in [3.63, 3.8) is 0 Å². The van der Waals surface area contributed by atoms with Gasteiger partial charge in [-0.1, -0.05) is 6.92 Å². The summed E-state index contributed by atoms with van der Waals surface area (Å²) >= 11 is 0. The number of carbonyl (C=O) groups is 2. The van der Waals surface area contributed by atoms with Gasteiger partial charge in [-0.25, -0.2) is 0 Å². The van der Waals surface area contributed by atoms with Crippen LogP contribution in [0, 0.1) is 0 Å². The molecule has 1 unspecified atom stereocenters. The van der Waals surface area contributed by atoms with Gasteiger partial charge in [0.2, 0.25) is 11.8 Å².